The molecule has 81 valence electrons. The summed E-state index contributed by atoms with van der Waals surface area (Å²) in [5.41, 5.74) is 6.91. The predicted molar refractivity (Wildman–Crippen MR) is 58.9 cm³/mol. The minimum atomic E-state index is -0.0347. The fourth-order valence-electron chi connectivity index (χ4n) is 1.54. The molecule has 1 aromatic heterocycles. The van der Waals surface area contributed by atoms with Crippen molar-refractivity contribution in [2.45, 2.75) is 24.9 Å². The Morgan fingerprint density at radius 2 is 2.20 bits per heavy atom. The largest absolute Gasteiger partial charge is 0.412 e. The molecule has 1 radical (unpaired) electrons. The summed E-state index contributed by atoms with van der Waals surface area (Å²) >= 11 is 1.72. The second kappa shape index (κ2) is 5.72. The number of rotatable bonds is 0. The zero-order chi connectivity index (χ0) is 9.59. The molecule has 0 fully saturated rings. The predicted octanol–water partition coefficient (Wildman–Crippen LogP) is 0.581. The van der Waals surface area contributed by atoms with Crippen molar-refractivity contribution in [1.29, 1.82) is 0 Å². The second-order valence-electron chi connectivity index (χ2n) is 3.41. The molecule has 0 spiro atoms. The number of hydrogen-bond acceptors (Lipinski definition) is 3. The Labute approximate surface area is 128 Å². The molecule has 0 saturated carbocycles. The van der Waals surface area contributed by atoms with Crippen molar-refractivity contribution in [2.75, 3.05) is 11.5 Å². The molecule has 4 N–H and O–H groups in total. The molecule has 1 aliphatic rings. The maximum atomic E-state index is 11.7. The third-order valence-electron chi connectivity index (χ3n) is 2.36. The maximum absolute atomic E-state index is 11.7. The van der Waals surface area contributed by atoms with E-state index in [9.17, 15) is 4.79 Å². The molecule has 4 nitrogen and oxygen atoms in total. The number of aromatic nitrogens is 1. The number of nitrogen functional groups attached to an aromatic ring is 1. The first-order valence-electron chi connectivity index (χ1n) is 4.25. The molecule has 2 rings (SSSR count). The van der Waals surface area contributed by atoms with Gasteiger partial charge in [-0.15, -0.1) is 11.8 Å². The quantitative estimate of drug-likeness (QED) is 0.640. The van der Waals surface area contributed by atoms with Crippen molar-refractivity contribution in [3.63, 3.8) is 0 Å². The van der Waals surface area contributed by atoms with Gasteiger partial charge in [-0.25, -0.2) is 0 Å². The average molecular weight is 441 g/mol. The first-order chi connectivity index (χ1) is 6.11. The smallest absolute Gasteiger partial charge is 0.275 e. The van der Waals surface area contributed by atoms with E-state index in [1.165, 1.54) is 0 Å². The number of fused-ring (bicyclic) bond motifs is 1. The van der Waals surface area contributed by atoms with Gasteiger partial charge >= 0.3 is 0 Å². The van der Waals surface area contributed by atoms with E-state index < -0.39 is 0 Å². The van der Waals surface area contributed by atoms with Crippen molar-refractivity contribution < 1.29 is 49.5 Å². The molecule has 1 aromatic rings. The average Bonchev–Trinajstić information content (AvgIpc) is 2.43. The van der Waals surface area contributed by atoms with Crippen molar-refractivity contribution >= 4 is 17.4 Å². The van der Waals surface area contributed by atoms with Crippen LogP contribution in [0.3, 0.4) is 0 Å². The van der Waals surface area contributed by atoms with Crippen molar-refractivity contribution in [1.82, 2.24) is 4.57 Å². The van der Waals surface area contributed by atoms with Gasteiger partial charge in [-0.2, -0.15) is 0 Å². The van der Waals surface area contributed by atoms with E-state index in [0.29, 0.717) is 5.69 Å². The number of nitrogens with two attached hydrogens (primary N) is 1. The Morgan fingerprint density at radius 1 is 1.60 bits per heavy atom. The van der Waals surface area contributed by atoms with Crippen molar-refractivity contribution in [3.05, 3.63) is 22.0 Å². The van der Waals surface area contributed by atoms with E-state index >= 15 is 0 Å². The number of aryl methyl sites for hydroxylation is 1. The maximum Gasteiger partial charge on any atom is 0.275 e. The van der Waals surface area contributed by atoms with Gasteiger partial charge in [-0.3, -0.25) is 9.36 Å². The third kappa shape index (κ3) is 2.60. The standard InChI is InChI=1S/C9H12N2OS.Ac.H2O/c1-5-3-7-11(6(2)4-13-7)9(12)8(5)10;;/h3,6H,4,10H2,1-2H3;;1H2/t6-;;/m0../s1. The van der Waals surface area contributed by atoms with Crippen LogP contribution in [0.4, 0.5) is 5.69 Å². The molecular formula is C9H14AcN2O2S. The van der Waals surface area contributed by atoms with Crippen LogP contribution in [0.1, 0.15) is 18.5 Å². The number of hydrogen-bond donors (Lipinski definition) is 1. The molecule has 6 heteroatoms. The van der Waals surface area contributed by atoms with Crippen LogP contribution < -0.4 is 11.3 Å². The van der Waals surface area contributed by atoms with Crippen LogP contribution >= 0.6 is 11.8 Å². The van der Waals surface area contributed by atoms with E-state index in [-0.39, 0.29) is 61.1 Å². The summed E-state index contributed by atoms with van der Waals surface area (Å²) in [6.07, 6.45) is 0. The van der Waals surface area contributed by atoms with E-state index in [1.807, 2.05) is 19.9 Å². The zero-order valence-corrected chi connectivity index (χ0v) is 14.3. The fraction of sp³-hybridized carbons (Fsp3) is 0.444. The van der Waals surface area contributed by atoms with Gasteiger partial charge in [0.1, 0.15) is 5.69 Å². The number of pyridine rings is 1. The van der Waals surface area contributed by atoms with Gasteiger partial charge in [0.15, 0.2) is 0 Å². The SMILES string of the molecule is Cc1cc2n(c(=O)c1N)[C@@H](C)CS2.O.[Ac]. The number of thioether (sulfide) groups is 1. The monoisotopic (exact) mass is 441 g/mol. The molecule has 0 bridgehead atoms. The molecule has 15 heavy (non-hydrogen) atoms. The molecular weight excluding hydrogens is 427 g/mol. The van der Waals surface area contributed by atoms with E-state index in [0.717, 1.165) is 16.3 Å². The van der Waals surface area contributed by atoms with Crippen LogP contribution in [0.2, 0.25) is 0 Å². The Hall–Kier alpha value is 0.502. The first-order valence-corrected chi connectivity index (χ1v) is 5.24. The van der Waals surface area contributed by atoms with Crippen molar-refractivity contribution in [2.24, 2.45) is 0 Å². The normalized spacial score (nSPS) is 17.6. The first kappa shape index (κ1) is 15.5. The molecule has 1 atom stereocenters. The minimum Gasteiger partial charge on any atom is -0.412 e. The molecule has 1 aliphatic heterocycles. The topological polar surface area (TPSA) is 79.5 Å². The fourth-order valence-corrected chi connectivity index (χ4v) is 2.76. The second-order valence-corrected chi connectivity index (χ2v) is 4.45. The van der Waals surface area contributed by atoms with Gasteiger partial charge in [0, 0.05) is 55.9 Å². The summed E-state index contributed by atoms with van der Waals surface area (Å²) in [4.78, 5) is 11.7. The molecule has 0 aromatic carbocycles. The summed E-state index contributed by atoms with van der Waals surface area (Å²) in [5, 5.41) is 1.05. The van der Waals surface area contributed by atoms with Crippen LogP contribution in [-0.4, -0.2) is 15.8 Å². The van der Waals surface area contributed by atoms with E-state index in [1.54, 1.807) is 16.3 Å². The summed E-state index contributed by atoms with van der Waals surface area (Å²) in [6.45, 7) is 3.92. The molecule has 2 heterocycles. The molecule has 0 aliphatic carbocycles. The summed E-state index contributed by atoms with van der Waals surface area (Å²) < 4.78 is 1.78. The van der Waals surface area contributed by atoms with Gasteiger partial charge in [-0.1, -0.05) is 0 Å². The van der Waals surface area contributed by atoms with Gasteiger partial charge in [0.25, 0.3) is 5.56 Å². The van der Waals surface area contributed by atoms with Crippen LogP contribution in [0.25, 0.3) is 0 Å². The number of anilines is 1. The molecule has 0 unspecified atom stereocenters. The Kier molecular flexibility index (Phi) is 5.91. The van der Waals surface area contributed by atoms with Crippen LogP contribution in [0.15, 0.2) is 15.9 Å². The van der Waals surface area contributed by atoms with Gasteiger partial charge in [0.2, 0.25) is 0 Å². The third-order valence-corrected chi connectivity index (χ3v) is 3.62. The summed E-state index contributed by atoms with van der Waals surface area (Å²) in [7, 11) is 0. The summed E-state index contributed by atoms with van der Waals surface area (Å²) in [6, 6.07) is 2.26. The van der Waals surface area contributed by atoms with Gasteiger partial charge in [0.05, 0.1) is 5.03 Å². The Bertz CT molecular complexity index is 419. The number of nitrogens with zero attached hydrogens (tertiary/aromatic N) is 1. The van der Waals surface area contributed by atoms with E-state index in [4.69, 9.17) is 5.73 Å². The van der Waals surface area contributed by atoms with Gasteiger partial charge < -0.3 is 11.2 Å². The Balaban J connectivity index is 0.000000980. The summed E-state index contributed by atoms with van der Waals surface area (Å²) in [5.74, 6) is 0.970. The molecule has 0 amide bonds. The van der Waals surface area contributed by atoms with Crippen LogP contribution in [0, 0.1) is 51.0 Å². The van der Waals surface area contributed by atoms with E-state index in [2.05, 4.69) is 0 Å². The zero-order valence-electron chi connectivity index (χ0n) is 8.78. The Morgan fingerprint density at radius 3 is 2.80 bits per heavy atom. The van der Waals surface area contributed by atoms with Crippen molar-refractivity contribution in [3.8, 4) is 0 Å². The molecule has 0 saturated heterocycles. The van der Waals surface area contributed by atoms with Crippen LogP contribution in [-0.2, 0) is 0 Å². The minimum absolute atomic E-state index is 0. The van der Waals surface area contributed by atoms with Crippen LogP contribution in [0.5, 0.6) is 0 Å². The van der Waals surface area contributed by atoms with Gasteiger partial charge in [-0.05, 0) is 25.5 Å².